The monoisotopic (exact) mass is 480 g/mol. The Morgan fingerprint density at radius 1 is 1.17 bits per heavy atom. The van der Waals surface area contributed by atoms with Gasteiger partial charge < -0.3 is 15.5 Å². The van der Waals surface area contributed by atoms with Crippen LogP contribution in [0.2, 0.25) is 0 Å². The van der Waals surface area contributed by atoms with Crippen LogP contribution in [-0.2, 0) is 9.59 Å². The van der Waals surface area contributed by atoms with Gasteiger partial charge in [-0.25, -0.2) is 9.18 Å². The zero-order valence-corrected chi connectivity index (χ0v) is 19.7. The number of carbonyl (C=O) groups excluding carboxylic acids is 3. The largest absolute Gasteiger partial charge is 0.361 e. The van der Waals surface area contributed by atoms with Gasteiger partial charge in [0, 0.05) is 19.0 Å². The summed E-state index contributed by atoms with van der Waals surface area (Å²) >= 11 is 0. The second kappa shape index (κ2) is 10.7. The number of carbonyl (C=O) groups is 3. The summed E-state index contributed by atoms with van der Waals surface area (Å²) in [6.07, 6.45) is 0.0993. The van der Waals surface area contributed by atoms with Crippen LogP contribution in [-0.4, -0.2) is 52.7 Å². The summed E-state index contributed by atoms with van der Waals surface area (Å²) in [5.41, 5.74) is 2.57. The van der Waals surface area contributed by atoms with Crippen LogP contribution in [0.5, 0.6) is 0 Å². The highest BCUT2D eigenvalue weighted by Crippen LogP contribution is 2.26. The Morgan fingerprint density at radius 2 is 1.94 bits per heavy atom. The van der Waals surface area contributed by atoms with Gasteiger partial charge in [-0.3, -0.25) is 14.6 Å². The number of urea groups is 1. The fourth-order valence-electron chi connectivity index (χ4n) is 4.31. The summed E-state index contributed by atoms with van der Waals surface area (Å²) in [4.78, 5) is 43.2. The van der Waals surface area contributed by atoms with Crippen molar-refractivity contribution in [2.24, 2.45) is 10.2 Å². The molecule has 3 heterocycles. The maximum Gasteiger partial charge on any atom is 0.361 e. The fraction of sp³-hybridized carbons (Fsp3) is 0.440. The molecule has 0 aliphatic carbocycles. The van der Waals surface area contributed by atoms with Gasteiger partial charge in [0.05, 0.1) is 18.3 Å². The van der Waals surface area contributed by atoms with Gasteiger partial charge in [0.15, 0.2) is 0 Å². The first-order chi connectivity index (χ1) is 16.8. The van der Waals surface area contributed by atoms with Crippen molar-refractivity contribution >= 4 is 17.8 Å². The van der Waals surface area contributed by atoms with Crippen molar-refractivity contribution in [1.29, 1.82) is 0 Å². The number of pyridine rings is 1. The smallest absolute Gasteiger partial charge is 0.342 e. The Labute approximate surface area is 203 Å². The molecule has 1 aromatic carbocycles. The predicted molar refractivity (Wildman–Crippen MR) is 126 cm³/mol. The van der Waals surface area contributed by atoms with Crippen LogP contribution in [0.25, 0.3) is 0 Å². The Kier molecular flexibility index (Phi) is 7.48. The number of alkyl halides is 1. The maximum absolute atomic E-state index is 14.4. The van der Waals surface area contributed by atoms with Crippen LogP contribution in [0.15, 0.2) is 58.9 Å². The second-order valence-electron chi connectivity index (χ2n) is 9.14. The number of aromatic nitrogens is 1. The van der Waals surface area contributed by atoms with Crippen molar-refractivity contribution in [3.8, 4) is 0 Å². The number of amides is 4. The third-order valence-corrected chi connectivity index (χ3v) is 6.27. The molecule has 35 heavy (non-hydrogen) atoms. The van der Waals surface area contributed by atoms with Gasteiger partial charge >= 0.3 is 6.03 Å². The van der Waals surface area contributed by atoms with Crippen LogP contribution in [0.4, 0.5) is 9.18 Å². The zero-order chi connectivity index (χ0) is 24.9. The van der Waals surface area contributed by atoms with Crippen LogP contribution in [0.3, 0.4) is 0 Å². The molecule has 10 heteroatoms. The third kappa shape index (κ3) is 5.87. The SMILES string of the molecule is CC(C)c1ccc([C@@H](NC(=O)[C@@H]2C[C@@H](F)CN2C(=O)CCC2N=NC(=O)N2)c2ccccc2)nc1. The van der Waals surface area contributed by atoms with E-state index in [0.29, 0.717) is 11.6 Å². The Bertz CT molecular complexity index is 1090. The molecule has 1 fully saturated rings. The van der Waals surface area contributed by atoms with Gasteiger partial charge in [-0.15, -0.1) is 0 Å². The molecule has 4 rings (SSSR count). The van der Waals surface area contributed by atoms with Gasteiger partial charge in [0.25, 0.3) is 0 Å². The first-order valence-electron chi connectivity index (χ1n) is 11.8. The molecule has 184 valence electrons. The minimum absolute atomic E-state index is 0.0147. The van der Waals surface area contributed by atoms with Crippen LogP contribution < -0.4 is 10.6 Å². The standard InChI is InChI=1S/C25H29FN6O3/c1-15(2)17-8-9-19(27-13-17)23(16-6-4-3-5-7-16)29-24(34)20-12-18(26)14-32(20)22(33)11-10-21-28-25(35)31-30-21/h3-9,13,15,18,20-21,23H,10-12,14H2,1-2H3,(H,28,35)(H,29,34)/t18-,20+,21?,23+/m1/s1. The molecule has 0 saturated carbocycles. The number of hydrogen-bond acceptors (Lipinski definition) is 5. The Morgan fingerprint density at radius 3 is 2.57 bits per heavy atom. The fourth-order valence-corrected chi connectivity index (χ4v) is 4.31. The van der Waals surface area contributed by atoms with E-state index in [2.05, 4.69) is 39.7 Å². The van der Waals surface area contributed by atoms with E-state index in [1.807, 2.05) is 42.5 Å². The number of hydrogen-bond donors (Lipinski definition) is 2. The van der Waals surface area contributed by atoms with E-state index >= 15 is 0 Å². The van der Waals surface area contributed by atoms with E-state index in [9.17, 15) is 18.8 Å². The number of rotatable bonds is 8. The van der Waals surface area contributed by atoms with E-state index in [4.69, 9.17) is 0 Å². The summed E-state index contributed by atoms with van der Waals surface area (Å²) in [6, 6.07) is 11.3. The molecule has 9 nitrogen and oxygen atoms in total. The van der Waals surface area contributed by atoms with Gasteiger partial charge in [0.2, 0.25) is 11.8 Å². The number of likely N-dealkylation sites (tertiary alicyclic amines) is 1. The summed E-state index contributed by atoms with van der Waals surface area (Å²) < 4.78 is 14.4. The van der Waals surface area contributed by atoms with Gasteiger partial charge in [0.1, 0.15) is 18.4 Å². The average molecular weight is 481 g/mol. The van der Waals surface area contributed by atoms with Crippen molar-refractivity contribution in [3.63, 3.8) is 0 Å². The van der Waals surface area contributed by atoms with E-state index < -0.39 is 36.4 Å². The lowest BCUT2D eigenvalue weighted by atomic mass is 10.00. The zero-order valence-electron chi connectivity index (χ0n) is 19.7. The summed E-state index contributed by atoms with van der Waals surface area (Å²) in [5, 5.41) is 12.6. The summed E-state index contributed by atoms with van der Waals surface area (Å²) in [7, 11) is 0. The lowest BCUT2D eigenvalue weighted by molar-refractivity contribution is -0.138. The molecule has 4 atom stereocenters. The molecule has 2 aliphatic rings. The highest BCUT2D eigenvalue weighted by Gasteiger charge is 2.40. The lowest BCUT2D eigenvalue weighted by Gasteiger charge is -2.27. The molecule has 2 aromatic rings. The highest BCUT2D eigenvalue weighted by molar-refractivity contribution is 5.89. The number of nitrogens with one attached hydrogen (secondary N) is 2. The molecule has 0 spiro atoms. The average Bonchev–Trinajstić information content (AvgIpc) is 3.46. The predicted octanol–water partition coefficient (Wildman–Crippen LogP) is 3.63. The van der Waals surface area contributed by atoms with E-state index in [1.54, 1.807) is 6.20 Å². The Hall–Kier alpha value is -3.69. The quantitative estimate of drug-likeness (QED) is 0.600. The van der Waals surface area contributed by atoms with Crippen LogP contribution in [0, 0.1) is 0 Å². The van der Waals surface area contributed by atoms with Gasteiger partial charge in [-0.1, -0.05) is 55.4 Å². The van der Waals surface area contributed by atoms with Crippen LogP contribution >= 0.6 is 0 Å². The second-order valence-corrected chi connectivity index (χ2v) is 9.14. The molecular weight excluding hydrogens is 451 g/mol. The van der Waals surface area contributed by atoms with Crippen molar-refractivity contribution in [2.45, 2.75) is 63.4 Å². The Balaban J connectivity index is 1.49. The van der Waals surface area contributed by atoms with Crippen molar-refractivity contribution in [2.75, 3.05) is 6.54 Å². The molecule has 1 aromatic heterocycles. The van der Waals surface area contributed by atoms with Crippen molar-refractivity contribution < 1.29 is 18.8 Å². The number of nitrogens with zero attached hydrogens (tertiary/aromatic N) is 4. The lowest BCUT2D eigenvalue weighted by Crippen LogP contribution is -2.47. The normalized spacial score (nSPS) is 22.3. The minimum Gasteiger partial charge on any atom is -0.342 e. The molecule has 2 aliphatic heterocycles. The highest BCUT2D eigenvalue weighted by atomic mass is 19.1. The number of benzene rings is 1. The first kappa shape index (κ1) is 24.4. The maximum atomic E-state index is 14.4. The van der Waals surface area contributed by atoms with Gasteiger partial charge in [-0.05, 0) is 29.5 Å². The molecule has 1 unspecified atom stereocenters. The molecule has 2 N–H and O–H groups in total. The molecule has 0 bridgehead atoms. The molecular formula is C25H29FN6O3. The van der Waals surface area contributed by atoms with Crippen molar-refractivity contribution in [3.05, 3.63) is 65.5 Å². The number of halogens is 1. The molecule has 4 amide bonds. The van der Waals surface area contributed by atoms with Gasteiger partial charge in [-0.2, -0.15) is 5.11 Å². The minimum atomic E-state index is -1.29. The third-order valence-electron chi connectivity index (χ3n) is 6.27. The number of azo groups is 1. The van der Waals surface area contributed by atoms with Crippen molar-refractivity contribution in [1.82, 2.24) is 20.5 Å². The molecule has 0 radical (unpaired) electrons. The summed E-state index contributed by atoms with van der Waals surface area (Å²) in [6.45, 7) is 4.01. The van der Waals surface area contributed by atoms with Crippen LogP contribution in [0.1, 0.15) is 61.9 Å². The topological polar surface area (TPSA) is 116 Å². The van der Waals surface area contributed by atoms with E-state index in [0.717, 1.165) is 11.1 Å². The first-order valence-corrected chi connectivity index (χ1v) is 11.8. The van der Waals surface area contributed by atoms with E-state index in [1.165, 1.54) is 4.90 Å². The van der Waals surface area contributed by atoms with E-state index in [-0.39, 0.29) is 31.7 Å². The summed E-state index contributed by atoms with van der Waals surface area (Å²) in [5.74, 6) is -0.479. The molecule has 1 saturated heterocycles.